The minimum absolute atomic E-state index is 0.265. The number of carbonyl (C=O) groups is 1. The largest absolute Gasteiger partial charge is 0.334 e. The number of urea groups is 1. The number of aromatic amines is 1. The van der Waals surface area contributed by atoms with Gasteiger partial charge in [0.1, 0.15) is 12.1 Å². The summed E-state index contributed by atoms with van der Waals surface area (Å²) in [4.78, 5) is 15.1. The molecule has 0 fully saturated rings. The molecule has 1 heterocycles. The first-order valence-corrected chi connectivity index (χ1v) is 4.89. The number of nitrogens with zero attached hydrogens (tertiary/aromatic N) is 2. The standard InChI is InChI=1S/C10H10FN5O/c11-8-3-1-7(2-4-8)5-12-10(17)15-9-13-6-14-16-9/h1-4,6H,5H2,(H3,12,13,14,15,16,17). The van der Waals surface area contributed by atoms with Crippen LogP contribution >= 0.6 is 0 Å². The lowest BCUT2D eigenvalue weighted by Gasteiger charge is -2.05. The molecule has 0 aliphatic rings. The van der Waals surface area contributed by atoms with Crippen LogP contribution in [0.5, 0.6) is 0 Å². The number of nitrogens with one attached hydrogen (secondary N) is 3. The number of benzene rings is 1. The summed E-state index contributed by atoms with van der Waals surface area (Å²) in [7, 11) is 0. The summed E-state index contributed by atoms with van der Waals surface area (Å²) in [6.07, 6.45) is 1.29. The van der Waals surface area contributed by atoms with E-state index in [-0.39, 0.29) is 11.8 Å². The Labute approximate surface area is 96.3 Å². The molecular weight excluding hydrogens is 225 g/mol. The van der Waals surface area contributed by atoms with E-state index in [1.807, 2.05) is 0 Å². The van der Waals surface area contributed by atoms with E-state index in [1.165, 1.54) is 18.5 Å². The zero-order valence-corrected chi connectivity index (χ0v) is 8.77. The SMILES string of the molecule is O=C(NCc1ccc(F)cc1)Nc1ncn[nH]1. The normalized spacial score (nSPS) is 9.94. The molecule has 88 valence electrons. The van der Waals surface area contributed by atoms with E-state index >= 15 is 0 Å². The van der Waals surface area contributed by atoms with Gasteiger partial charge in [-0.05, 0) is 17.7 Å². The molecule has 1 aromatic heterocycles. The maximum absolute atomic E-state index is 12.6. The third-order valence-corrected chi connectivity index (χ3v) is 2.01. The molecule has 3 N–H and O–H groups in total. The number of hydrogen-bond donors (Lipinski definition) is 3. The van der Waals surface area contributed by atoms with Gasteiger partial charge in [0, 0.05) is 6.54 Å². The second kappa shape index (κ2) is 5.06. The first-order valence-electron chi connectivity index (χ1n) is 4.89. The van der Waals surface area contributed by atoms with Gasteiger partial charge in [-0.2, -0.15) is 10.1 Å². The minimum Gasteiger partial charge on any atom is -0.334 e. The zero-order chi connectivity index (χ0) is 12.1. The second-order valence-corrected chi connectivity index (χ2v) is 3.27. The van der Waals surface area contributed by atoms with E-state index in [9.17, 15) is 9.18 Å². The smallest absolute Gasteiger partial charge is 0.321 e. The Hall–Kier alpha value is -2.44. The molecule has 0 spiro atoms. The molecule has 0 bridgehead atoms. The number of anilines is 1. The molecule has 0 atom stereocenters. The van der Waals surface area contributed by atoms with Crippen LogP contribution in [0, 0.1) is 5.82 Å². The maximum Gasteiger partial charge on any atom is 0.321 e. The Morgan fingerprint density at radius 1 is 1.35 bits per heavy atom. The molecule has 6 nitrogen and oxygen atoms in total. The van der Waals surface area contributed by atoms with Crippen LogP contribution in [0.25, 0.3) is 0 Å². The molecule has 2 aromatic rings. The van der Waals surface area contributed by atoms with Crippen LogP contribution in [0.1, 0.15) is 5.56 Å². The molecule has 2 rings (SSSR count). The quantitative estimate of drug-likeness (QED) is 0.749. The van der Waals surface area contributed by atoms with Crippen molar-refractivity contribution in [1.29, 1.82) is 0 Å². The highest BCUT2D eigenvalue weighted by atomic mass is 19.1. The summed E-state index contributed by atoms with van der Waals surface area (Å²) < 4.78 is 12.6. The van der Waals surface area contributed by atoms with Crippen molar-refractivity contribution in [1.82, 2.24) is 20.5 Å². The lowest BCUT2D eigenvalue weighted by atomic mass is 10.2. The van der Waals surface area contributed by atoms with Crippen LogP contribution in [-0.2, 0) is 6.54 Å². The molecule has 17 heavy (non-hydrogen) atoms. The molecule has 0 saturated carbocycles. The number of H-pyrrole nitrogens is 1. The van der Waals surface area contributed by atoms with Crippen molar-refractivity contribution in [2.45, 2.75) is 6.54 Å². The lowest BCUT2D eigenvalue weighted by molar-refractivity contribution is 0.251. The molecular formula is C10H10FN5O. The van der Waals surface area contributed by atoms with Crippen LogP contribution in [0.2, 0.25) is 0 Å². The fourth-order valence-electron chi connectivity index (χ4n) is 1.20. The summed E-state index contributed by atoms with van der Waals surface area (Å²) in [5.74, 6) is -0.0403. The van der Waals surface area contributed by atoms with Gasteiger partial charge in [0.05, 0.1) is 0 Å². The predicted octanol–water partition coefficient (Wildman–Crippen LogP) is 1.27. The number of hydrogen-bond acceptors (Lipinski definition) is 3. The van der Waals surface area contributed by atoms with Crippen LogP contribution in [0.15, 0.2) is 30.6 Å². The van der Waals surface area contributed by atoms with Crippen molar-refractivity contribution >= 4 is 12.0 Å². The molecule has 0 aliphatic carbocycles. The molecule has 0 unspecified atom stereocenters. The highest BCUT2D eigenvalue weighted by molar-refractivity contribution is 5.87. The predicted molar refractivity (Wildman–Crippen MR) is 58.6 cm³/mol. The molecule has 2 amide bonds. The van der Waals surface area contributed by atoms with Crippen molar-refractivity contribution in [3.63, 3.8) is 0 Å². The van der Waals surface area contributed by atoms with E-state index in [1.54, 1.807) is 12.1 Å². The summed E-state index contributed by atoms with van der Waals surface area (Å²) in [5, 5.41) is 11.1. The Bertz CT molecular complexity index is 482. The van der Waals surface area contributed by atoms with Crippen molar-refractivity contribution in [2.24, 2.45) is 0 Å². The fourth-order valence-corrected chi connectivity index (χ4v) is 1.20. The third-order valence-electron chi connectivity index (χ3n) is 2.01. The maximum atomic E-state index is 12.6. The van der Waals surface area contributed by atoms with Crippen molar-refractivity contribution in [2.75, 3.05) is 5.32 Å². The average molecular weight is 235 g/mol. The first kappa shape index (κ1) is 11.1. The van der Waals surface area contributed by atoms with Crippen LogP contribution in [0.4, 0.5) is 15.1 Å². The summed E-state index contributed by atoms with van der Waals surface area (Å²) in [5.41, 5.74) is 0.805. The van der Waals surface area contributed by atoms with E-state index in [2.05, 4.69) is 25.8 Å². The highest BCUT2D eigenvalue weighted by Crippen LogP contribution is 2.02. The molecule has 7 heteroatoms. The van der Waals surface area contributed by atoms with E-state index < -0.39 is 6.03 Å². The fraction of sp³-hybridized carbons (Fsp3) is 0.100. The van der Waals surface area contributed by atoms with Crippen LogP contribution < -0.4 is 10.6 Å². The topological polar surface area (TPSA) is 82.7 Å². The number of halogens is 1. The van der Waals surface area contributed by atoms with Gasteiger partial charge >= 0.3 is 6.03 Å². The average Bonchev–Trinajstić information content (AvgIpc) is 2.81. The lowest BCUT2D eigenvalue weighted by Crippen LogP contribution is -2.28. The van der Waals surface area contributed by atoms with Gasteiger partial charge in [-0.1, -0.05) is 12.1 Å². The first-order chi connectivity index (χ1) is 8.24. The van der Waals surface area contributed by atoms with Crippen molar-refractivity contribution in [3.05, 3.63) is 42.0 Å². The van der Waals surface area contributed by atoms with Crippen molar-refractivity contribution in [3.8, 4) is 0 Å². The highest BCUT2D eigenvalue weighted by Gasteiger charge is 2.03. The summed E-state index contributed by atoms with van der Waals surface area (Å²) >= 11 is 0. The third kappa shape index (κ3) is 3.26. The number of rotatable bonds is 3. The van der Waals surface area contributed by atoms with E-state index in [0.717, 1.165) is 5.56 Å². The van der Waals surface area contributed by atoms with Crippen LogP contribution in [-0.4, -0.2) is 21.2 Å². The van der Waals surface area contributed by atoms with Gasteiger partial charge in [0.2, 0.25) is 5.95 Å². The number of amides is 2. The monoisotopic (exact) mass is 235 g/mol. The van der Waals surface area contributed by atoms with E-state index in [0.29, 0.717) is 6.54 Å². The van der Waals surface area contributed by atoms with Gasteiger partial charge in [-0.25, -0.2) is 14.3 Å². The second-order valence-electron chi connectivity index (χ2n) is 3.27. The molecule has 0 saturated heterocycles. The van der Waals surface area contributed by atoms with Gasteiger partial charge in [0.25, 0.3) is 0 Å². The van der Waals surface area contributed by atoms with E-state index in [4.69, 9.17) is 0 Å². The molecule has 0 aliphatic heterocycles. The van der Waals surface area contributed by atoms with Crippen LogP contribution in [0.3, 0.4) is 0 Å². The van der Waals surface area contributed by atoms with Gasteiger partial charge < -0.3 is 5.32 Å². The Kier molecular flexibility index (Phi) is 3.29. The Morgan fingerprint density at radius 2 is 2.12 bits per heavy atom. The number of carbonyl (C=O) groups excluding carboxylic acids is 1. The van der Waals surface area contributed by atoms with Gasteiger partial charge in [0.15, 0.2) is 0 Å². The Balaban J connectivity index is 1.82. The summed E-state index contributed by atoms with van der Waals surface area (Å²) in [6, 6.07) is 5.47. The van der Waals surface area contributed by atoms with Gasteiger partial charge in [-0.15, -0.1) is 0 Å². The summed E-state index contributed by atoms with van der Waals surface area (Å²) in [6.45, 7) is 0.306. The number of aromatic nitrogens is 3. The molecule has 0 radical (unpaired) electrons. The minimum atomic E-state index is -0.411. The van der Waals surface area contributed by atoms with Gasteiger partial charge in [-0.3, -0.25) is 5.32 Å². The Morgan fingerprint density at radius 3 is 2.76 bits per heavy atom. The zero-order valence-electron chi connectivity index (χ0n) is 8.77. The van der Waals surface area contributed by atoms with Crippen molar-refractivity contribution < 1.29 is 9.18 Å². The molecule has 1 aromatic carbocycles.